The molecule has 8 heteroatoms. The summed E-state index contributed by atoms with van der Waals surface area (Å²) in [7, 11) is -8.44. The molecule has 1 aromatic rings. The van der Waals surface area contributed by atoms with Crippen LogP contribution in [0.5, 0.6) is 0 Å². The summed E-state index contributed by atoms with van der Waals surface area (Å²) in [4.78, 5) is 20.1. The number of hydrogen-bond acceptors (Lipinski definition) is 4. The zero-order chi connectivity index (χ0) is 17.4. The molecule has 23 heavy (non-hydrogen) atoms. The van der Waals surface area contributed by atoms with Gasteiger partial charge in [-0.2, -0.15) is 0 Å². The molecule has 1 aliphatic heterocycles. The topological polar surface area (TPSA) is 93.1 Å². The molecule has 0 saturated carbocycles. The van der Waals surface area contributed by atoms with Gasteiger partial charge >= 0.3 is 15.2 Å². The Morgan fingerprint density at radius 3 is 2.22 bits per heavy atom. The molecule has 2 unspecified atom stereocenters. The van der Waals surface area contributed by atoms with Gasteiger partial charge in [0.2, 0.25) is 5.34 Å². The van der Waals surface area contributed by atoms with Crippen LogP contribution in [-0.4, -0.2) is 21.5 Å². The maximum Gasteiger partial charge on any atom is 0.362 e. The van der Waals surface area contributed by atoms with E-state index < -0.39 is 25.7 Å². The van der Waals surface area contributed by atoms with Crippen LogP contribution in [0.15, 0.2) is 30.3 Å². The van der Waals surface area contributed by atoms with Crippen LogP contribution in [0.25, 0.3) is 0 Å². The Labute approximate surface area is 136 Å². The Kier molecular flexibility index (Phi) is 5.28. The van der Waals surface area contributed by atoms with Gasteiger partial charge in [-0.15, -0.1) is 0 Å². The van der Waals surface area contributed by atoms with E-state index in [-0.39, 0.29) is 13.0 Å². The molecular weight excluding hydrogens is 338 g/mol. The first kappa shape index (κ1) is 18.9. The zero-order valence-corrected chi connectivity index (χ0v) is 15.4. The lowest BCUT2D eigenvalue weighted by atomic mass is 9.91. The second-order valence-corrected chi connectivity index (χ2v) is 10.0. The second kappa shape index (κ2) is 6.44. The van der Waals surface area contributed by atoms with Gasteiger partial charge in [0.15, 0.2) is 0 Å². The van der Waals surface area contributed by atoms with Crippen LogP contribution in [0.3, 0.4) is 0 Å². The fraction of sp³-hybridized carbons (Fsp3) is 0.600. The lowest BCUT2D eigenvalue weighted by Crippen LogP contribution is -2.30. The van der Waals surface area contributed by atoms with Crippen LogP contribution in [0.4, 0.5) is 0 Å². The van der Waals surface area contributed by atoms with Gasteiger partial charge in [0.1, 0.15) is 0 Å². The minimum absolute atomic E-state index is 0.0292. The standard InChI is InChI=1S/C15H24O6P2/c1-4-14(5-2)12-15(22(16,17)18,13-10-8-7-9-11-13)21-23(14,19)20-6-3/h7-11H,4-6,12H2,1-3H3,(H2,16,17,18). The van der Waals surface area contributed by atoms with Crippen molar-refractivity contribution in [1.29, 1.82) is 0 Å². The summed E-state index contributed by atoms with van der Waals surface area (Å²) < 4.78 is 36.9. The van der Waals surface area contributed by atoms with Crippen LogP contribution in [0.2, 0.25) is 0 Å². The Morgan fingerprint density at radius 1 is 1.22 bits per heavy atom. The van der Waals surface area contributed by atoms with Gasteiger partial charge in [-0.05, 0) is 25.3 Å². The minimum Gasteiger partial charge on any atom is -0.322 e. The third-order valence-electron chi connectivity index (χ3n) is 4.73. The molecule has 1 fully saturated rings. The fourth-order valence-corrected chi connectivity index (χ4v) is 7.75. The van der Waals surface area contributed by atoms with E-state index in [1.54, 1.807) is 37.3 Å². The van der Waals surface area contributed by atoms with Crippen molar-refractivity contribution in [2.24, 2.45) is 0 Å². The van der Waals surface area contributed by atoms with E-state index in [0.717, 1.165) is 0 Å². The number of rotatable bonds is 6. The molecule has 2 rings (SSSR count). The van der Waals surface area contributed by atoms with Crippen molar-refractivity contribution in [3.63, 3.8) is 0 Å². The predicted octanol–water partition coefficient (Wildman–Crippen LogP) is 4.23. The smallest absolute Gasteiger partial charge is 0.322 e. The van der Waals surface area contributed by atoms with Gasteiger partial charge in [0.05, 0.1) is 11.8 Å². The Hall–Kier alpha value is -0.480. The van der Waals surface area contributed by atoms with Crippen molar-refractivity contribution in [3.05, 3.63) is 35.9 Å². The molecule has 1 heterocycles. The Morgan fingerprint density at radius 2 is 1.78 bits per heavy atom. The molecule has 0 radical (unpaired) electrons. The SMILES string of the molecule is CCOP1(=O)OC(c2ccccc2)(P(=O)(O)O)CC1(CC)CC. The normalized spacial score (nSPS) is 30.5. The summed E-state index contributed by atoms with van der Waals surface area (Å²) in [6.07, 6.45) is 0.878. The van der Waals surface area contributed by atoms with Gasteiger partial charge in [0.25, 0.3) is 0 Å². The molecule has 130 valence electrons. The summed E-state index contributed by atoms with van der Waals surface area (Å²) in [5, 5.41) is -2.83. The zero-order valence-electron chi connectivity index (χ0n) is 13.6. The van der Waals surface area contributed by atoms with E-state index in [9.17, 15) is 18.9 Å². The van der Waals surface area contributed by atoms with Gasteiger partial charge in [0, 0.05) is 6.42 Å². The summed E-state index contributed by atoms with van der Waals surface area (Å²) in [5.74, 6) is 0. The van der Waals surface area contributed by atoms with Gasteiger partial charge < -0.3 is 14.3 Å². The van der Waals surface area contributed by atoms with E-state index in [4.69, 9.17) is 9.05 Å². The highest BCUT2D eigenvalue weighted by atomic mass is 31.2. The maximum absolute atomic E-state index is 13.4. The summed E-state index contributed by atoms with van der Waals surface area (Å²) >= 11 is 0. The van der Waals surface area contributed by atoms with Gasteiger partial charge in [-0.3, -0.25) is 13.7 Å². The average Bonchev–Trinajstić information content (AvgIpc) is 2.79. The quantitative estimate of drug-likeness (QED) is 0.736. The summed E-state index contributed by atoms with van der Waals surface area (Å²) in [6, 6.07) is 8.30. The highest BCUT2D eigenvalue weighted by molar-refractivity contribution is 7.59. The van der Waals surface area contributed by atoms with Crippen LogP contribution in [-0.2, 0) is 23.5 Å². The Balaban J connectivity index is 2.68. The van der Waals surface area contributed by atoms with E-state index in [1.165, 1.54) is 0 Å². The van der Waals surface area contributed by atoms with E-state index in [0.29, 0.717) is 18.4 Å². The van der Waals surface area contributed by atoms with Crippen LogP contribution in [0.1, 0.15) is 45.6 Å². The van der Waals surface area contributed by atoms with Crippen molar-refractivity contribution >= 4 is 15.2 Å². The lowest BCUT2D eigenvalue weighted by Gasteiger charge is -2.30. The van der Waals surface area contributed by atoms with Crippen LogP contribution >= 0.6 is 15.2 Å². The molecule has 2 N–H and O–H groups in total. The average molecular weight is 362 g/mol. The summed E-state index contributed by atoms with van der Waals surface area (Å²) in [5.41, 5.74) is 0.331. The third-order valence-corrected chi connectivity index (χ3v) is 9.43. The predicted molar refractivity (Wildman–Crippen MR) is 88.4 cm³/mol. The summed E-state index contributed by atoms with van der Waals surface area (Å²) in [6.45, 7) is 5.54. The van der Waals surface area contributed by atoms with Gasteiger partial charge in [-0.1, -0.05) is 44.2 Å². The lowest BCUT2D eigenvalue weighted by molar-refractivity contribution is 0.113. The molecule has 0 bridgehead atoms. The monoisotopic (exact) mass is 362 g/mol. The molecule has 1 saturated heterocycles. The fourth-order valence-electron chi connectivity index (χ4n) is 3.27. The molecule has 1 aliphatic rings. The molecule has 2 atom stereocenters. The van der Waals surface area contributed by atoms with E-state index in [2.05, 4.69) is 0 Å². The highest BCUT2D eigenvalue weighted by Crippen LogP contribution is 2.81. The first-order valence-electron chi connectivity index (χ1n) is 7.77. The van der Waals surface area contributed by atoms with E-state index in [1.807, 2.05) is 13.8 Å². The largest absolute Gasteiger partial charge is 0.362 e. The number of hydrogen-bond donors (Lipinski definition) is 2. The van der Waals surface area contributed by atoms with Gasteiger partial charge in [-0.25, -0.2) is 0 Å². The molecular formula is C15H24O6P2. The van der Waals surface area contributed by atoms with Crippen molar-refractivity contribution in [3.8, 4) is 0 Å². The Bertz CT molecular complexity index is 637. The van der Waals surface area contributed by atoms with Crippen LogP contribution in [0, 0.1) is 0 Å². The first-order valence-corrected chi connectivity index (χ1v) is 10.9. The van der Waals surface area contributed by atoms with Crippen molar-refractivity contribution in [2.45, 2.75) is 50.5 Å². The van der Waals surface area contributed by atoms with Crippen LogP contribution < -0.4 is 0 Å². The third kappa shape index (κ3) is 2.86. The minimum atomic E-state index is -4.75. The van der Waals surface area contributed by atoms with Crippen molar-refractivity contribution < 1.29 is 28.0 Å². The number of benzene rings is 1. The molecule has 0 aromatic heterocycles. The van der Waals surface area contributed by atoms with Crippen molar-refractivity contribution in [2.75, 3.05) is 6.61 Å². The second-order valence-electron chi connectivity index (χ2n) is 5.81. The highest BCUT2D eigenvalue weighted by Gasteiger charge is 2.69. The van der Waals surface area contributed by atoms with Crippen molar-refractivity contribution in [1.82, 2.24) is 0 Å². The van der Waals surface area contributed by atoms with E-state index >= 15 is 0 Å². The molecule has 0 amide bonds. The first-order chi connectivity index (χ1) is 10.7. The molecule has 0 spiro atoms. The molecule has 6 nitrogen and oxygen atoms in total. The molecule has 0 aliphatic carbocycles. The molecule has 1 aromatic carbocycles. The maximum atomic E-state index is 13.4.